The molecular formula is C17H18BrN3O3. The number of hydrogen-bond donors (Lipinski definition) is 2. The van der Waals surface area contributed by atoms with Crippen molar-refractivity contribution in [3.05, 3.63) is 52.5 Å². The fraction of sp³-hybridized carbons (Fsp3) is 0.176. The first kappa shape index (κ1) is 17.8. The summed E-state index contributed by atoms with van der Waals surface area (Å²) in [5, 5.41) is 6.95. The molecule has 0 unspecified atom stereocenters. The molecule has 2 N–H and O–H groups in total. The van der Waals surface area contributed by atoms with Gasteiger partial charge in [0.15, 0.2) is 0 Å². The number of hydrogen-bond acceptors (Lipinski definition) is 5. The van der Waals surface area contributed by atoms with E-state index in [9.17, 15) is 4.79 Å². The van der Waals surface area contributed by atoms with Crippen LogP contribution in [0.1, 0.15) is 5.56 Å². The van der Waals surface area contributed by atoms with E-state index in [4.69, 9.17) is 9.47 Å². The fourth-order valence-corrected chi connectivity index (χ4v) is 2.15. The van der Waals surface area contributed by atoms with Gasteiger partial charge in [-0.15, -0.1) is 0 Å². The monoisotopic (exact) mass is 391 g/mol. The van der Waals surface area contributed by atoms with Gasteiger partial charge in [0.05, 0.1) is 27.0 Å². The molecule has 0 radical (unpaired) electrons. The minimum atomic E-state index is -0.248. The van der Waals surface area contributed by atoms with Crippen molar-refractivity contribution in [2.45, 2.75) is 0 Å². The molecule has 126 valence electrons. The van der Waals surface area contributed by atoms with Crippen molar-refractivity contribution in [3.8, 4) is 11.5 Å². The zero-order valence-corrected chi connectivity index (χ0v) is 15.0. The third kappa shape index (κ3) is 5.27. The Hall–Kier alpha value is -2.54. The second kappa shape index (κ2) is 8.93. The summed E-state index contributed by atoms with van der Waals surface area (Å²) in [7, 11) is 3.15. The molecule has 2 aromatic carbocycles. The summed E-state index contributed by atoms with van der Waals surface area (Å²) < 4.78 is 11.4. The van der Waals surface area contributed by atoms with Crippen molar-refractivity contribution in [3.63, 3.8) is 0 Å². The van der Waals surface area contributed by atoms with Crippen LogP contribution in [-0.2, 0) is 4.79 Å². The molecule has 0 aliphatic heterocycles. The third-order valence-corrected chi connectivity index (χ3v) is 3.66. The van der Waals surface area contributed by atoms with Crippen LogP contribution in [0.5, 0.6) is 11.5 Å². The molecule has 24 heavy (non-hydrogen) atoms. The van der Waals surface area contributed by atoms with E-state index in [0.717, 1.165) is 15.7 Å². The molecule has 2 rings (SSSR count). The van der Waals surface area contributed by atoms with Crippen LogP contribution in [-0.4, -0.2) is 32.9 Å². The Kier molecular flexibility index (Phi) is 6.62. The number of methoxy groups -OCH3 is 2. The molecule has 0 spiro atoms. The Morgan fingerprint density at radius 2 is 1.92 bits per heavy atom. The van der Waals surface area contributed by atoms with Gasteiger partial charge in [-0.25, -0.2) is 5.43 Å². The first-order valence-corrected chi connectivity index (χ1v) is 7.95. The van der Waals surface area contributed by atoms with E-state index in [2.05, 4.69) is 31.8 Å². The first-order valence-electron chi connectivity index (χ1n) is 7.15. The number of anilines is 1. The maximum atomic E-state index is 11.8. The van der Waals surface area contributed by atoms with E-state index in [0.29, 0.717) is 11.5 Å². The van der Waals surface area contributed by atoms with E-state index < -0.39 is 0 Å². The van der Waals surface area contributed by atoms with E-state index in [-0.39, 0.29) is 12.5 Å². The molecule has 7 heteroatoms. The van der Waals surface area contributed by atoms with Gasteiger partial charge in [0.1, 0.15) is 11.5 Å². The van der Waals surface area contributed by atoms with Crippen LogP contribution in [0, 0.1) is 0 Å². The number of nitrogens with zero attached hydrogens (tertiary/aromatic N) is 1. The summed E-state index contributed by atoms with van der Waals surface area (Å²) in [6.07, 6.45) is 1.52. The van der Waals surface area contributed by atoms with Crippen LogP contribution in [0.15, 0.2) is 52.0 Å². The number of carbonyl (C=O) groups is 1. The molecule has 0 bridgehead atoms. The summed E-state index contributed by atoms with van der Waals surface area (Å²) in [5.41, 5.74) is 4.06. The van der Waals surface area contributed by atoms with Crippen LogP contribution in [0.3, 0.4) is 0 Å². The lowest BCUT2D eigenvalue weighted by Crippen LogP contribution is -2.25. The zero-order valence-electron chi connectivity index (χ0n) is 13.4. The SMILES string of the molecule is COc1ccc(C=NNC(=O)CNc2ccc(Br)cc2)c(OC)c1. The Labute approximate surface area is 149 Å². The molecular weight excluding hydrogens is 374 g/mol. The van der Waals surface area contributed by atoms with Crippen molar-refractivity contribution in [1.82, 2.24) is 5.43 Å². The van der Waals surface area contributed by atoms with E-state index in [1.54, 1.807) is 32.4 Å². The number of hydrazone groups is 1. The van der Waals surface area contributed by atoms with Gasteiger partial charge in [-0.2, -0.15) is 5.10 Å². The summed E-state index contributed by atoms with van der Waals surface area (Å²) in [4.78, 5) is 11.8. The second-order valence-corrected chi connectivity index (χ2v) is 5.68. The lowest BCUT2D eigenvalue weighted by Gasteiger charge is -2.07. The smallest absolute Gasteiger partial charge is 0.259 e. The molecule has 0 fully saturated rings. The van der Waals surface area contributed by atoms with E-state index >= 15 is 0 Å². The third-order valence-electron chi connectivity index (χ3n) is 3.13. The number of nitrogens with one attached hydrogen (secondary N) is 2. The highest BCUT2D eigenvalue weighted by Gasteiger charge is 2.03. The lowest BCUT2D eigenvalue weighted by atomic mass is 10.2. The number of carbonyl (C=O) groups excluding carboxylic acids is 1. The van der Waals surface area contributed by atoms with Crippen molar-refractivity contribution in [2.24, 2.45) is 5.10 Å². The average Bonchev–Trinajstić information content (AvgIpc) is 2.61. The Morgan fingerprint density at radius 3 is 2.58 bits per heavy atom. The van der Waals surface area contributed by atoms with Gasteiger partial charge < -0.3 is 14.8 Å². The summed E-state index contributed by atoms with van der Waals surface area (Å²) in [6, 6.07) is 12.9. The summed E-state index contributed by atoms with van der Waals surface area (Å²) in [5.74, 6) is 1.05. The number of ether oxygens (including phenoxy) is 2. The molecule has 0 heterocycles. The van der Waals surface area contributed by atoms with Crippen molar-refractivity contribution >= 4 is 33.7 Å². The van der Waals surface area contributed by atoms with Crippen LogP contribution >= 0.6 is 15.9 Å². The van der Waals surface area contributed by atoms with Gasteiger partial charge in [-0.05, 0) is 36.4 Å². The minimum absolute atomic E-state index is 0.124. The average molecular weight is 392 g/mol. The van der Waals surface area contributed by atoms with Gasteiger partial charge in [0, 0.05) is 21.8 Å². The number of amides is 1. The van der Waals surface area contributed by atoms with E-state index in [1.807, 2.05) is 24.3 Å². The Morgan fingerprint density at radius 1 is 1.17 bits per heavy atom. The van der Waals surface area contributed by atoms with Crippen LogP contribution in [0.2, 0.25) is 0 Å². The molecule has 0 aliphatic carbocycles. The fourth-order valence-electron chi connectivity index (χ4n) is 1.89. The number of benzene rings is 2. The van der Waals surface area contributed by atoms with Crippen molar-refractivity contribution in [2.75, 3.05) is 26.1 Å². The number of rotatable bonds is 7. The largest absolute Gasteiger partial charge is 0.497 e. The van der Waals surface area contributed by atoms with E-state index in [1.165, 1.54) is 6.21 Å². The quantitative estimate of drug-likeness (QED) is 0.561. The highest BCUT2D eigenvalue weighted by Crippen LogP contribution is 2.22. The Bertz CT molecular complexity index is 718. The maximum Gasteiger partial charge on any atom is 0.259 e. The summed E-state index contributed by atoms with van der Waals surface area (Å²) in [6.45, 7) is 0.124. The first-order chi connectivity index (χ1) is 11.6. The zero-order chi connectivity index (χ0) is 17.4. The maximum absolute atomic E-state index is 11.8. The predicted octanol–water partition coefficient (Wildman–Crippen LogP) is 3.03. The minimum Gasteiger partial charge on any atom is -0.497 e. The Balaban J connectivity index is 1.86. The molecule has 2 aromatic rings. The highest BCUT2D eigenvalue weighted by atomic mass is 79.9. The molecule has 0 saturated carbocycles. The van der Waals surface area contributed by atoms with Crippen LogP contribution in [0.25, 0.3) is 0 Å². The molecule has 0 atom stereocenters. The standard InChI is InChI=1S/C17H18BrN3O3/c1-23-15-8-3-12(16(9-15)24-2)10-20-21-17(22)11-19-14-6-4-13(18)5-7-14/h3-10,19H,11H2,1-2H3,(H,21,22). The predicted molar refractivity (Wildman–Crippen MR) is 97.9 cm³/mol. The van der Waals surface area contributed by atoms with Gasteiger partial charge in [0.2, 0.25) is 0 Å². The molecule has 6 nitrogen and oxygen atoms in total. The lowest BCUT2D eigenvalue weighted by molar-refractivity contribution is -0.119. The van der Waals surface area contributed by atoms with Gasteiger partial charge in [0.25, 0.3) is 5.91 Å². The second-order valence-electron chi connectivity index (χ2n) is 4.76. The van der Waals surface area contributed by atoms with Crippen LogP contribution in [0.4, 0.5) is 5.69 Å². The number of halogens is 1. The topological polar surface area (TPSA) is 72.0 Å². The van der Waals surface area contributed by atoms with Gasteiger partial charge in [-0.3, -0.25) is 4.79 Å². The van der Waals surface area contributed by atoms with Crippen LogP contribution < -0.4 is 20.2 Å². The van der Waals surface area contributed by atoms with Gasteiger partial charge >= 0.3 is 0 Å². The normalized spacial score (nSPS) is 10.5. The molecule has 0 aliphatic rings. The van der Waals surface area contributed by atoms with Crippen molar-refractivity contribution in [1.29, 1.82) is 0 Å². The highest BCUT2D eigenvalue weighted by molar-refractivity contribution is 9.10. The van der Waals surface area contributed by atoms with Gasteiger partial charge in [-0.1, -0.05) is 15.9 Å². The molecule has 0 saturated heterocycles. The molecule has 0 aromatic heterocycles. The molecule has 1 amide bonds. The van der Waals surface area contributed by atoms with Crippen molar-refractivity contribution < 1.29 is 14.3 Å². The summed E-state index contributed by atoms with van der Waals surface area (Å²) >= 11 is 3.36.